The van der Waals surface area contributed by atoms with Gasteiger partial charge in [-0.1, -0.05) is 105 Å². The average Bonchev–Trinajstić information content (AvgIpc) is 1.62. The first kappa shape index (κ1) is 88.7. The first-order valence-electron chi connectivity index (χ1n) is 39.3. The Labute approximate surface area is 746 Å². The number of aromatic hydroxyl groups is 4. The van der Waals surface area contributed by atoms with Crippen molar-refractivity contribution in [2.75, 3.05) is 7.11 Å². The molecule has 5 heterocycles. The van der Waals surface area contributed by atoms with Crippen molar-refractivity contribution in [3.05, 3.63) is 330 Å². The van der Waals surface area contributed by atoms with Crippen molar-refractivity contribution in [3.8, 4) is 129 Å². The SMILES string of the molecule is C#Cc1ccccc1-c1sc2cc(O)ccc2c1Oc1ccc(/C=C/C(=O)O)cc1.CC(F)(F)c1cc(F)ccc1-c1sc2cc(O)ccc2c1Oc1ccc(/C=C/C(=O)O)cc1.COc1ccc(-c2sc3cc(O)ccc3c2Oc2ccc(/C=C/C(=O)O)cc2)c(C(C)C)c1.Cn1ccc2c(-c3sc4cc(O)ccc4c3Oc3ccc(/C=C/C(=O)O)cc3)cccc21. The van der Waals surface area contributed by atoms with E-state index in [0.717, 1.165) is 165 Å². The highest BCUT2D eigenvalue weighted by Crippen LogP contribution is 2.54. The van der Waals surface area contributed by atoms with Gasteiger partial charge in [-0.05, 0) is 233 Å². The number of methoxy groups -OCH3 is 1. The van der Waals surface area contributed by atoms with Crippen LogP contribution in [0.3, 0.4) is 0 Å². The molecule has 0 aliphatic rings. The molecule has 5 aromatic heterocycles. The number of hydrogen-bond acceptors (Lipinski definition) is 17. The molecule has 0 fully saturated rings. The summed E-state index contributed by atoms with van der Waals surface area (Å²) in [6, 6.07) is 73.6. The lowest BCUT2D eigenvalue weighted by molar-refractivity contribution is -0.132. The van der Waals surface area contributed by atoms with Gasteiger partial charge in [0.2, 0.25) is 0 Å². The highest BCUT2D eigenvalue weighted by molar-refractivity contribution is 7.24. The molecule has 0 spiro atoms. The number of hydrogen-bond donors (Lipinski definition) is 8. The summed E-state index contributed by atoms with van der Waals surface area (Å²) in [6.45, 7) is 4.98. The molecule has 0 bridgehead atoms. The minimum atomic E-state index is -3.30. The van der Waals surface area contributed by atoms with Crippen LogP contribution in [0, 0.1) is 18.2 Å². The van der Waals surface area contributed by atoms with E-state index in [1.54, 1.807) is 121 Å². The van der Waals surface area contributed by atoms with E-state index in [-0.39, 0.29) is 34.5 Å². The number of aliphatic carboxylic acids is 4. The van der Waals surface area contributed by atoms with E-state index in [1.165, 1.54) is 53.8 Å². The van der Waals surface area contributed by atoms with Crippen molar-refractivity contribution in [3.63, 3.8) is 0 Å². The van der Waals surface area contributed by atoms with E-state index in [1.807, 2.05) is 122 Å². The van der Waals surface area contributed by atoms with Crippen LogP contribution >= 0.6 is 45.3 Å². The van der Waals surface area contributed by atoms with Gasteiger partial charge >= 0.3 is 23.9 Å². The standard InChI is InChI=1S/C27H24O5S.C26H19NO4S.C25H17F3O4S.C25H16O4S/c1-16(2)23-15-20(31-3)10-12-21(23)27-26(22-11-7-18(28)14-24(22)33-27)32-19-8-4-17(5-9-19)6-13-25(29)30;1-27-14-13-19-20(3-2-4-22(19)27)26-25(21-11-8-17(28)15-23(21)32-26)31-18-9-5-16(6-10-18)7-12-24(29)30;1-25(27,28)20-12-15(26)5-9-18(20)24-23(19-10-6-16(29)13-21(19)33-24)32-17-7-2-14(3-8-17)4-11-22(30)31;1-2-17-5-3-4-6-20(17)25-24(21-13-10-18(26)15-22(21)30-25)29-19-11-7-16(8-12-19)9-14-23(27)28/h4-16,28H,1-3H3,(H,29,30);2-15,28H,1H3,(H,29,30);2-13,29H,1H3,(H,30,31);1,3-15,26H,(H,27,28)/b13-6+;12-7+;11-4+;14-9+. The summed E-state index contributed by atoms with van der Waals surface area (Å²) < 4.78 is 78.5. The van der Waals surface area contributed by atoms with Gasteiger partial charge in [0.1, 0.15) is 57.6 Å². The maximum atomic E-state index is 14.3. The Balaban J connectivity index is 0.000000138. The molecule has 0 saturated carbocycles. The Hall–Kier alpha value is -15.6. The third kappa shape index (κ3) is 21.1. The van der Waals surface area contributed by atoms with Crippen molar-refractivity contribution >= 4 is 145 Å². The zero-order valence-electron chi connectivity index (χ0n) is 68.6. The van der Waals surface area contributed by atoms with Crippen LogP contribution in [0.15, 0.2) is 285 Å². The molecule has 128 heavy (non-hydrogen) atoms. The van der Waals surface area contributed by atoms with Crippen molar-refractivity contribution in [2.45, 2.75) is 32.6 Å². The summed E-state index contributed by atoms with van der Waals surface area (Å²) in [7, 11) is 3.68. The van der Waals surface area contributed by atoms with E-state index in [0.29, 0.717) is 61.9 Å². The van der Waals surface area contributed by atoms with Crippen LogP contribution in [0.1, 0.15) is 65.6 Å². The number of alkyl halides is 2. The molecule has 640 valence electrons. The molecule has 0 aliphatic carbocycles. The summed E-state index contributed by atoms with van der Waals surface area (Å²) in [4.78, 5) is 46.0. The summed E-state index contributed by atoms with van der Waals surface area (Å²) in [6.07, 6.45) is 18.1. The second-order valence-corrected chi connectivity index (χ2v) is 33.4. The van der Waals surface area contributed by atoms with Gasteiger partial charge in [-0.2, -0.15) is 0 Å². The predicted octanol–water partition coefficient (Wildman–Crippen LogP) is 27.5. The Morgan fingerprint density at radius 1 is 0.406 bits per heavy atom. The first-order valence-corrected chi connectivity index (χ1v) is 42.5. The number of benzene rings is 12. The summed E-state index contributed by atoms with van der Waals surface area (Å²) in [5.41, 5.74) is 8.62. The number of aryl methyl sites for hydroxylation is 1. The molecule has 0 atom stereocenters. The molecule has 12 aromatic carbocycles. The number of carboxylic acids is 4. The second kappa shape index (κ2) is 39.1. The summed E-state index contributed by atoms with van der Waals surface area (Å²) in [5.74, 6) is 0.942. The fraction of sp³-hybridized carbons (Fsp3) is 0.0680. The lowest BCUT2D eigenvalue weighted by atomic mass is 9.95. The molecule has 17 rings (SSSR count). The van der Waals surface area contributed by atoms with Crippen LogP contribution in [0.5, 0.6) is 74.7 Å². The topological polar surface area (TPSA) is 281 Å². The second-order valence-electron chi connectivity index (χ2n) is 29.2. The molecular formula is C103H76F3NO17S4. The van der Waals surface area contributed by atoms with Gasteiger partial charge in [0.15, 0.2) is 23.0 Å². The number of nitrogens with zero attached hydrogens (tertiary/aromatic N) is 1. The Bertz CT molecular complexity index is 7230. The minimum Gasteiger partial charge on any atom is -0.508 e. The van der Waals surface area contributed by atoms with E-state index in [9.17, 15) is 52.8 Å². The Morgan fingerprint density at radius 2 is 0.750 bits per heavy atom. The van der Waals surface area contributed by atoms with Crippen molar-refractivity contribution in [2.24, 2.45) is 7.05 Å². The molecule has 0 aliphatic heterocycles. The number of carbonyl (C=O) groups is 4. The van der Waals surface area contributed by atoms with E-state index < -0.39 is 41.2 Å². The molecule has 25 heteroatoms. The monoisotopic (exact) mass is 1780 g/mol. The zero-order valence-corrected chi connectivity index (χ0v) is 71.8. The molecule has 18 nitrogen and oxygen atoms in total. The summed E-state index contributed by atoms with van der Waals surface area (Å²) in [5, 5.41) is 79.4. The first-order chi connectivity index (χ1) is 61.5. The van der Waals surface area contributed by atoms with Gasteiger partial charge in [-0.25, -0.2) is 32.3 Å². The maximum absolute atomic E-state index is 14.3. The van der Waals surface area contributed by atoms with Crippen LogP contribution in [0.4, 0.5) is 13.2 Å². The van der Waals surface area contributed by atoms with Crippen LogP contribution in [0.25, 0.3) is 117 Å². The molecule has 0 radical (unpaired) electrons. The van der Waals surface area contributed by atoms with Gasteiger partial charge in [0, 0.05) is 124 Å². The van der Waals surface area contributed by atoms with E-state index in [4.69, 9.17) is 50.5 Å². The fourth-order valence-electron chi connectivity index (χ4n) is 13.8. The lowest BCUT2D eigenvalue weighted by Crippen LogP contribution is -2.09. The van der Waals surface area contributed by atoms with Crippen LogP contribution in [-0.2, 0) is 32.1 Å². The number of phenolic OH excluding ortho intramolecular Hbond substituents is 4. The lowest BCUT2D eigenvalue weighted by Gasteiger charge is -2.16. The Morgan fingerprint density at radius 3 is 1.11 bits per heavy atom. The quantitative estimate of drug-likeness (QED) is 0.0218. The Kier molecular flexibility index (Phi) is 27.1. The maximum Gasteiger partial charge on any atom is 0.328 e. The van der Waals surface area contributed by atoms with Crippen LogP contribution < -0.4 is 23.7 Å². The number of carboxylic acid groups (broad SMARTS) is 4. The van der Waals surface area contributed by atoms with E-state index in [2.05, 4.69) is 48.6 Å². The number of phenols is 4. The predicted molar refractivity (Wildman–Crippen MR) is 503 cm³/mol. The number of fused-ring (bicyclic) bond motifs is 5. The smallest absolute Gasteiger partial charge is 0.328 e. The molecule has 0 unspecified atom stereocenters. The van der Waals surface area contributed by atoms with Crippen molar-refractivity contribution in [1.82, 2.24) is 4.57 Å². The van der Waals surface area contributed by atoms with Crippen molar-refractivity contribution < 1.29 is 96.9 Å². The third-order valence-electron chi connectivity index (χ3n) is 19.9. The van der Waals surface area contributed by atoms with Gasteiger partial charge in [-0.3, -0.25) is 0 Å². The number of aromatic nitrogens is 1. The molecular weight excluding hydrogens is 1710 g/mol. The molecule has 17 aromatic rings. The number of rotatable bonds is 23. The fourth-order valence-corrected chi connectivity index (χ4v) is 18.6. The van der Waals surface area contributed by atoms with Crippen LogP contribution in [0.2, 0.25) is 0 Å². The minimum absolute atomic E-state index is 0.0107. The number of ether oxygens (including phenoxy) is 5. The number of halogens is 3. The normalized spacial score (nSPS) is 11.4. The molecule has 0 amide bonds. The zero-order chi connectivity index (χ0) is 90.6. The van der Waals surface area contributed by atoms with Gasteiger partial charge < -0.3 is 69.1 Å². The molecule has 8 N–H and O–H groups in total. The van der Waals surface area contributed by atoms with Gasteiger partial charge in [-0.15, -0.1) is 51.8 Å². The van der Waals surface area contributed by atoms with E-state index >= 15 is 0 Å². The largest absolute Gasteiger partial charge is 0.508 e. The highest BCUT2D eigenvalue weighted by atomic mass is 32.1. The van der Waals surface area contributed by atoms with Crippen LogP contribution in [-0.4, -0.2) is 76.4 Å². The average molecular weight is 1780 g/mol. The third-order valence-corrected chi connectivity index (χ3v) is 24.6. The molecule has 0 saturated heterocycles. The number of terminal acetylenes is 1. The van der Waals surface area contributed by atoms with Crippen molar-refractivity contribution in [1.29, 1.82) is 0 Å². The highest BCUT2D eigenvalue weighted by Gasteiger charge is 2.32. The number of thiophene rings is 4. The van der Waals surface area contributed by atoms with Gasteiger partial charge in [0.25, 0.3) is 5.92 Å². The summed E-state index contributed by atoms with van der Waals surface area (Å²) >= 11 is 5.79. The van der Waals surface area contributed by atoms with Gasteiger partial charge in [0.05, 0.1) is 26.6 Å².